The molecule has 0 saturated carbocycles. The van der Waals surface area contributed by atoms with E-state index in [1.165, 1.54) is 12.1 Å². The topological polar surface area (TPSA) is 162 Å². The minimum atomic E-state index is -1.53. The summed E-state index contributed by atoms with van der Waals surface area (Å²) in [5, 5.41) is 2.59. The molecule has 324 valence electrons. The third kappa shape index (κ3) is 10.4. The molecule has 1 aliphatic heterocycles. The Hall–Kier alpha value is -7.61. The number of esters is 4. The van der Waals surface area contributed by atoms with E-state index >= 15 is 0 Å². The molecular weight excluding hydrogens is 819 g/mol. The lowest BCUT2D eigenvalue weighted by Crippen LogP contribution is -2.47. The molecule has 13 heteroatoms. The number of carbonyl (C=O) groups excluding carboxylic acids is 5. The third-order valence-corrected chi connectivity index (χ3v) is 10.7. The highest BCUT2D eigenvalue weighted by Gasteiger charge is 2.51. The average molecular weight is 862 g/mol. The van der Waals surface area contributed by atoms with E-state index in [1.54, 1.807) is 103 Å². The van der Waals surface area contributed by atoms with E-state index in [1.807, 2.05) is 54.6 Å². The van der Waals surface area contributed by atoms with Crippen molar-refractivity contribution in [2.75, 3.05) is 19.8 Å². The van der Waals surface area contributed by atoms with Gasteiger partial charge in [-0.1, -0.05) is 133 Å². The molecule has 64 heavy (non-hydrogen) atoms. The van der Waals surface area contributed by atoms with Crippen LogP contribution in [-0.2, 0) is 44.6 Å². The maximum Gasteiger partial charge on any atom is 0.407 e. The monoisotopic (exact) mass is 861 g/mol. The average Bonchev–Trinajstić information content (AvgIpc) is 3.84. The van der Waals surface area contributed by atoms with Gasteiger partial charge in [-0.05, 0) is 64.2 Å². The number of carbonyl (C=O) groups is 5. The summed E-state index contributed by atoms with van der Waals surface area (Å²) < 4.78 is 41.4. The molecule has 1 N–H and O–H groups in total. The Bertz CT molecular complexity index is 2510. The molecule has 1 fully saturated rings. The van der Waals surface area contributed by atoms with Gasteiger partial charge in [-0.25, -0.2) is 24.0 Å². The lowest BCUT2D eigenvalue weighted by molar-refractivity contribution is -0.179. The fraction of sp³-hybridized carbons (Fsp3) is 0.196. The molecule has 13 nitrogen and oxygen atoms in total. The molecule has 1 amide bonds. The Morgan fingerprint density at radius 2 is 1.00 bits per heavy atom. The Morgan fingerprint density at radius 1 is 0.516 bits per heavy atom. The highest BCUT2D eigenvalue weighted by molar-refractivity contribution is 5.91. The maximum absolute atomic E-state index is 13.8. The summed E-state index contributed by atoms with van der Waals surface area (Å²) in [6.07, 6.45) is -6.57. The summed E-state index contributed by atoms with van der Waals surface area (Å²) in [5.41, 5.74) is 5.40. The second kappa shape index (κ2) is 20.5. The predicted molar refractivity (Wildman–Crippen MR) is 231 cm³/mol. The number of benzene rings is 6. The van der Waals surface area contributed by atoms with E-state index < -0.39 is 73.8 Å². The first-order valence-electron chi connectivity index (χ1n) is 20.7. The molecule has 0 radical (unpaired) electrons. The molecule has 8 rings (SSSR count). The zero-order chi connectivity index (χ0) is 44.3. The number of rotatable bonds is 16. The summed E-state index contributed by atoms with van der Waals surface area (Å²) in [6, 6.07) is 47.7. The van der Waals surface area contributed by atoms with E-state index in [2.05, 4.69) is 5.32 Å². The van der Waals surface area contributed by atoms with Crippen LogP contribution in [0.1, 0.15) is 53.7 Å². The summed E-state index contributed by atoms with van der Waals surface area (Å²) in [7, 11) is 0. The lowest BCUT2D eigenvalue weighted by atomic mass is 9.98. The fourth-order valence-corrected chi connectivity index (χ4v) is 7.55. The van der Waals surface area contributed by atoms with Gasteiger partial charge >= 0.3 is 30.0 Å². The molecule has 5 atom stereocenters. The summed E-state index contributed by atoms with van der Waals surface area (Å²) in [4.78, 5) is 67.7. The zero-order valence-electron chi connectivity index (χ0n) is 34.4. The third-order valence-electron chi connectivity index (χ3n) is 10.7. The normalized spacial score (nSPS) is 17.8. The van der Waals surface area contributed by atoms with Crippen LogP contribution in [0, 0.1) is 0 Å². The molecule has 2 aliphatic rings. The standard InChI is InChI=1S/C51H43NO12/c53-46(34-19-7-2-8-20-34)59-32-43-44(63-47(54)35-21-9-3-10-22-35)45(64-48(55)36-23-11-4-12-24-36)50(62-43)60-31-42(49(56)58-29-33-17-5-1-6-18-33)52-51(57)61-30-41-39-27-15-13-25-37(39)38-26-14-16-28-40(38)41/h1-28,41-45,50H,29-32H2,(H,52,57)/t42-,43+,44+,45+,50+/m0/s1. The minimum Gasteiger partial charge on any atom is -0.459 e. The molecular formula is C51H43NO12. The molecule has 1 aliphatic carbocycles. The zero-order valence-corrected chi connectivity index (χ0v) is 34.4. The molecule has 0 aromatic heterocycles. The first-order valence-corrected chi connectivity index (χ1v) is 20.7. The molecule has 0 spiro atoms. The van der Waals surface area contributed by atoms with Crippen molar-refractivity contribution in [3.05, 3.63) is 203 Å². The van der Waals surface area contributed by atoms with Gasteiger partial charge in [-0.15, -0.1) is 0 Å². The maximum atomic E-state index is 13.8. The van der Waals surface area contributed by atoms with Gasteiger partial charge in [0.1, 0.15) is 25.9 Å². The quantitative estimate of drug-likeness (QED) is 0.0748. The van der Waals surface area contributed by atoms with Crippen molar-refractivity contribution in [2.24, 2.45) is 0 Å². The highest BCUT2D eigenvalue weighted by atomic mass is 16.7. The molecule has 1 heterocycles. The number of amides is 1. The van der Waals surface area contributed by atoms with Crippen LogP contribution in [0.15, 0.2) is 170 Å². The first-order chi connectivity index (χ1) is 31.3. The Morgan fingerprint density at radius 3 is 1.56 bits per heavy atom. The predicted octanol–water partition coefficient (Wildman–Crippen LogP) is 7.69. The van der Waals surface area contributed by atoms with E-state index in [4.69, 9.17) is 33.2 Å². The lowest BCUT2D eigenvalue weighted by Gasteiger charge is -2.25. The van der Waals surface area contributed by atoms with Crippen LogP contribution < -0.4 is 5.32 Å². The Balaban J connectivity index is 1.03. The Labute approximate surface area is 368 Å². The van der Waals surface area contributed by atoms with Crippen LogP contribution in [0.3, 0.4) is 0 Å². The minimum absolute atomic E-state index is 0.0341. The number of hydrogen-bond donors (Lipinski definition) is 1. The second-order valence-corrected chi connectivity index (χ2v) is 14.9. The molecule has 0 unspecified atom stereocenters. The van der Waals surface area contributed by atoms with Gasteiger partial charge in [0, 0.05) is 5.92 Å². The van der Waals surface area contributed by atoms with Crippen LogP contribution >= 0.6 is 0 Å². The van der Waals surface area contributed by atoms with Crippen LogP contribution in [0.25, 0.3) is 11.1 Å². The van der Waals surface area contributed by atoms with Crippen LogP contribution in [0.2, 0.25) is 0 Å². The first kappa shape index (κ1) is 43.1. The van der Waals surface area contributed by atoms with E-state index in [9.17, 15) is 24.0 Å². The number of hydrogen-bond acceptors (Lipinski definition) is 12. The number of fused-ring (bicyclic) bond motifs is 3. The van der Waals surface area contributed by atoms with Crippen LogP contribution in [0.5, 0.6) is 0 Å². The fourth-order valence-electron chi connectivity index (χ4n) is 7.55. The van der Waals surface area contributed by atoms with Crippen molar-refractivity contribution >= 4 is 30.0 Å². The number of alkyl carbamates (subject to hydrolysis) is 1. The largest absolute Gasteiger partial charge is 0.459 e. The van der Waals surface area contributed by atoms with Crippen molar-refractivity contribution in [2.45, 2.75) is 43.2 Å². The van der Waals surface area contributed by atoms with Gasteiger partial charge in [-0.2, -0.15) is 0 Å². The number of ether oxygens (including phenoxy) is 7. The van der Waals surface area contributed by atoms with Crippen molar-refractivity contribution in [3.63, 3.8) is 0 Å². The molecule has 1 saturated heterocycles. The van der Waals surface area contributed by atoms with Crippen LogP contribution in [-0.4, -0.2) is 80.4 Å². The summed E-state index contributed by atoms with van der Waals surface area (Å²) in [5.74, 6) is -3.40. The smallest absolute Gasteiger partial charge is 0.407 e. The number of nitrogens with one attached hydrogen (secondary N) is 1. The highest BCUT2D eigenvalue weighted by Crippen LogP contribution is 2.44. The molecule has 6 aromatic carbocycles. The van der Waals surface area contributed by atoms with Crippen molar-refractivity contribution < 1.29 is 57.1 Å². The SMILES string of the molecule is O=C(N[C@@H](CO[C@@H]1O[C@H](COC(=O)c2ccccc2)[C@@H](OC(=O)c2ccccc2)[C@H]1OC(=O)c1ccccc1)C(=O)OCc1ccccc1)OCC1c2ccccc2-c2ccccc21. The Kier molecular flexibility index (Phi) is 13.8. The van der Waals surface area contributed by atoms with Gasteiger partial charge in [-0.3, -0.25) is 0 Å². The van der Waals surface area contributed by atoms with Crippen molar-refractivity contribution in [1.29, 1.82) is 0 Å². The second-order valence-electron chi connectivity index (χ2n) is 14.9. The van der Waals surface area contributed by atoms with Gasteiger partial charge < -0.3 is 38.5 Å². The van der Waals surface area contributed by atoms with E-state index in [0.29, 0.717) is 5.56 Å². The van der Waals surface area contributed by atoms with Gasteiger partial charge in [0.25, 0.3) is 0 Å². The van der Waals surface area contributed by atoms with E-state index in [0.717, 1.165) is 22.3 Å². The van der Waals surface area contributed by atoms with Gasteiger partial charge in [0.05, 0.1) is 23.3 Å². The van der Waals surface area contributed by atoms with E-state index in [-0.39, 0.29) is 35.8 Å². The summed E-state index contributed by atoms with van der Waals surface area (Å²) >= 11 is 0. The molecule has 0 bridgehead atoms. The van der Waals surface area contributed by atoms with Gasteiger partial charge in [0.15, 0.2) is 24.5 Å². The summed E-state index contributed by atoms with van der Waals surface area (Å²) in [6.45, 7) is -1.20. The van der Waals surface area contributed by atoms with Crippen molar-refractivity contribution in [3.8, 4) is 11.1 Å². The molecule has 6 aromatic rings. The van der Waals surface area contributed by atoms with Crippen LogP contribution in [0.4, 0.5) is 4.79 Å². The van der Waals surface area contributed by atoms with Crippen molar-refractivity contribution in [1.82, 2.24) is 5.32 Å². The van der Waals surface area contributed by atoms with Gasteiger partial charge in [0.2, 0.25) is 0 Å².